The van der Waals surface area contributed by atoms with E-state index in [1.165, 1.54) is 18.4 Å². The van der Waals surface area contributed by atoms with Crippen molar-refractivity contribution in [3.05, 3.63) is 76.8 Å². The van der Waals surface area contributed by atoms with Gasteiger partial charge in [-0.05, 0) is 65.9 Å². The number of ketones is 1. The van der Waals surface area contributed by atoms with Gasteiger partial charge in [0, 0.05) is 31.1 Å². The minimum absolute atomic E-state index is 0.142. The highest BCUT2D eigenvalue weighted by Crippen LogP contribution is 2.51. The summed E-state index contributed by atoms with van der Waals surface area (Å²) in [6.07, 6.45) is 1.86. The Morgan fingerprint density at radius 3 is 2.50 bits per heavy atom. The Balaban J connectivity index is 1.42. The third-order valence-corrected chi connectivity index (χ3v) is 8.67. The second-order valence-electron chi connectivity index (χ2n) is 8.88. The maximum Gasteiger partial charge on any atom is 0.242 e. The van der Waals surface area contributed by atoms with Crippen molar-refractivity contribution >= 4 is 27.4 Å². The normalized spacial score (nSPS) is 16.0. The van der Waals surface area contributed by atoms with E-state index in [-0.39, 0.29) is 23.9 Å². The second-order valence-corrected chi connectivity index (χ2v) is 11.4. The number of carbonyl (C=O) groups is 1. The first-order valence-electron chi connectivity index (χ1n) is 11.0. The first-order chi connectivity index (χ1) is 16.2. The fourth-order valence-electron chi connectivity index (χ4n) is 4.34. The summed E-state index contributed by atoms with van der Waals surface area (Å²) in [6.45, 7) is 0.199. The summed E-state index contributed by atoms with van der Waals surface area (Å²) in [7, 11) is -0.588. The number of sulfonamides is 1. The van der Waals surface area contributed by atoms with E-state index in [0.717, 1.165) is 24.0 Å². The number of ether oxygens (including phenoxy) is 2. The van der Waals surface area contributed by atoms with Crippen molar-refractivity contribution in [2.24, 2.45) is 0 Å². The lowest BCUT2D eigenvalue weighted by atomic mass is 9.87. The van der Waals surface area contributed by atoms with Crippen molar-refractivity contribution in [3.8, 4) is 22.6 Å². The van der Waals surface area contributed by atoms with Crippen LogP contribution in [0, 0.1) is 0 Å². The monoisotopic (exact) mass is 497 g/mol. The van der Waals surface area contributed by atoms with Crippen molar-refractivity contribution < 1.29 is 22.7 Å². The minimum Gasteiger partial charge on any atom is -0.454 e. The Bertz CT molecular complexity index is 1400. The molecule has 0 saturated heterocycles. The van der Waals surface area contributed by atoms with Crippen LogP contribution in [0.3, 0.4) is 0 Å². The molecule has 0 unspecified atom stereocenters. The lowest BCUT2D eigenvalue weighted by molar-refractivity contribution is -0.120. The van der Waals surface area contributed by atoms with Crippen LogP contribution in [-0.4, -0.2) is 39.4 Å². The number of rotatable bonds is 7. The number of carbonyl (C=O) groups excluding carboxylic acids is 1. The van der Waals surface area contributed by atoms with Gasteiger partial charge in [0.1, 0.15) is 5.78 Å². The summed E-state index contributed by atoms with van der Waals surface area (Å²) in [5, 5.41) is 0.493. The van der Waals surface area contributed by atoms with Gasteiger partial charge < -0.3 is 9.47 Å². The van der Waals surface area contributed by atoms with Crippen molar-refractivity contribution in [3.63, 3.8) is 0 Å². The third kappa shape index (κ3) is 3.98. The molecule has 3 aromatic rings. The molecule has 0 amide bonds. The molecule has 1 aliphatic carbocycles. The molecule has 0 spiro atoms. The van der Waals surface area contributed by atoms with E-state index < -0.39 is 15.4 Å². The predicted octanol–water partition coefficient (Wildman–Crippen LogP) is 4.83. The molecule has 3 aromatic carbocycles. The zero-order valence-corrected chi connectivity index (χ0v) is 20.4. The van der Waals surface area contributed by atoms with Crippen molar-refractivity contribution in [2.75, 3.05) is 20.9 Å². The topological polar surface area (TPSA) is 72.9 Å². The zero-order valence-electron chi connectivity index (χ0n) is 18.9. The summed E-state index contributed by atoms with van der Waals surface area (Å²) in [5.41, 5.74) is 2.66. The minimum atomic E-state index is -3.58. The van der Waals surface area contributed by atoms with Gasteiger partial charge in [-0.25, -0.2) is 12.7 Å². The van der Waals surface area contributed by atoms with E-state index in [1.807, 2.05) is 36.4 Å². The Morgan fingerprint density at radius 1 is 1.00 bits per heavy atom. The lowest BCUT2D eigenvalue weighted by Gasteiger charge is -2.16. The van der Waals surface area contributed by atoms with Gasteiger partial charge in [-0.2, -0.15) is 0 Å². The molecule has 1 fully saturated rings. The molecular weight excluding hydrogens is 474 g/mol. The Labute approximate surface area is 204 Å². The third-order valence-electron chi connectivity index (χ3n) is 6.53. The summed E-state index contributed by atoms with van der Waals surface area (Å²) in [6, 6.07) is 17.9. The number of nitrogens with zero attached hydrogens (tertiary/aromatic N) is 1. The van der Waals surface area contributed by atoms with Crippen LogP contribution in [0.25, 0.3) is 11.1 Å². The van der Waals surface area contributed by atoms with E-state index in [0.29, 0.717) is 27.6 Å². The SMILES string of the molecule is CN(C)S(=O)(=O)c1cccc(-c2cc(CC(=O)C3(c4ccc5c(c4)OCO5)CC3)ccc2Cl)c1. The maximum atomic E-state index is 13.4. The van der Waals surface area contributed by atoms with Crippen LogP contribution < -0.4 is 9.47 Å². The van der Waals surface area contributed by atoms with Crippen LogP contribution in [0.5, 0.6) is 11.5 Å². The van der Waals surface area contributed by atoms with Gasteiger partial charge in [0.15, 0.2) is 11.5 Å². The van der Waals surface area contributed by atoms with E-state index in [1.54, 1.807) is 24.3 Å². The zero-order chi connectivity index (χ0) is 24.1. The van der Waals surface area contributed by atoms with Crippen LogP contribution in [-0.2, 0) is 26.7 Å². The Kier molecular flexibility index (Phi) is 5.67. The molecule has 5 rings (SSSR count). The molecule has 2 aliphatic rings. The maximum absolute atomic E-state index is 13.4. The van der Waals surface area contributed by atoms with Crippen LogP contribution in [0.15, 0.2) is 65.6 Å². The van der Waals surface area contributed by atoms with Gasteiger partial charge in [-0.1, -0.05) is 35.9 Å². The lowest BCUT2D eigenvalue weighted by Crippen LogP contribution is -2.22. The summed E-state index contributed by atoms with van der Waals surface area (Å²) in [4.78, 5) is 13.6. The smallest absolute Gasteiger partial charge is 0.242 e. The Morgan fingerprint density at radius 2 is 1.76 bits per heavy atom. The van der Waals surface area contributed by atoms with Crippen LogP contribution in [0.2, 0.25) is 5.02 Å². The second kappa shape index (κ2) is 8.41. The molecule has 1 saturated carbocycles. The van der Waals surface area contributed by atoms with Gasteiger partial charge in [0.25, 0.3) is 0 Å². The summed E-state index contributed by atoms with van der Waals surface area (Å²) >= 11 is 6.48. The molecule has 6 nitrogen and oxygen atoms in total. The van der Waals surface area contributed by atoms with Crippen molar-refractivity contribution in [1.82, 2.24) is 4.31 Å². The number of benzene rings is 3. The van der Waals surface area contributed by atoms with Crippen molar-refractivity contribution in [1.29, 1.82) is 0 Å². The van der Waals surface area contributed by atoms with Gasteiger partial charge in [0.2, 0.25) is 16.8 Å². The summed E-state index contributed by atoms with van der Waals surface area (Å²) in [5.74, 6) is 1.52. The standard InChI is InChI=1S/C26H24ClNO5S/c1-28(2)34(30,31)20-5-3-4-18(14-20)21-12-17(6-8-22(21)27)13-25(29)26(10-11-26)19-7-9-23-24(15-19)33-16-32-23/h3-9,12,14-15H,10-11,13,16H2,1-2H3. The average molecular weight is 498 g/mol. The van der Waals surface area contributed by atoms with Crippen LogP contribution >= 0.6 is 11.6 Å². The highest BCUT2D eigenvalue weighted by Gasteiger charge is 2.50. The first kappa shape index (κ1) is 22.9. The first-order valence-corrected chi connectivity index (χ1v) is 12.8. The molecule has 0 radical (unpaired) electrons. The van der Waals surface area contributed by atoms with E-state index in [4.69, 9.17) is 21.1 Å². The van der Waals surface area contributed by atoms with Crippen LogP contribution in [0.1, 0.15) is 24.0 Å². The number of halogens is 1. The number of Topliss-reactive ketones (excluding diaryl/α,β-unsaturated/α-hetero) is 1. The molecule has 34 heavy (non-hydrogen) atoms. The highest BCUT2D eigenvalue weighted by atomic mass is 35.5. The van der Waals surface area contributed by atoms with E-state index >= 15 is 0 Å². The Hall–Kier alpha value is -2.87. The number of fused-ring (bicyclic) bond motifs is 1. The number of hydrogen-bond acceptors (Lipinski definition) is 5. The van der Waals surface area contributed by atoms with Gasteiger partial charge in [-0.3, -0.25) is 4.79 Å². The van der Waals surface area contributed by atoms with Crippen molar-refractivity contribution in [2.45, 2.75) is 29.6 Å². The molecular formula is C26H24ClNO5S. The molecule has 176 valence electrons. The number of hydrogen-bond donors (Lipinski definition) is 0. The molecule has 0 aromatic heterocycles. The largest absolute Gasteiger partial charge is 0.454 e. The fourth-order valence-corrected chi connectivity index (χ4v) is 5.52. The molecule has 0 N–H and O–H groups in total. The molecule has 8 heteroatoms. The average Bonchev–Trinajstić information content (AvgIpc) is 3.51. The molecule has 0 bridgehead atoms. The summed E-state index contributed by atoms with van der Waals surface area (Å²) < 4.78 is 37.2. The van der Waals surface area contributed by atoms with Crippen LogP contribution in [0.4, 0.5) is 0 Å². The van der Waals surface area contributed by atoms with Gasteiger partial charge in [0.05, 0.1) is 10.3 Å². The van der Waals surface area contributed by atoms with Gasteiger partial charge >= 0.3 is 0 Å². The van der Waals surface area contributed by atoms with E-state index in [9.17, 15) is 13.2 Å². The van der Waals surface area contributed by atoms with Gasteiger partial charge in [-0.15, -0.1) is 0 Å². The predicted molar refractivity (Wildman–Crippen MR) is 130 cm³/mol. The molecule has 1 aliphatic heterocycles. The fraction of sp³-hybridized carbons (Fsp3) is 0.269. The molecule has 1 heterocycles. The highest BCUT2D eigenvalue weighted by molar-refractivity contribution is 7.89. The van der Waals surface area contributed by atoms with E-state index in [2.05, 4.69) is 0 Å². The molecule has 0 atom stereocenters. The quantitative estimate of drug-likeness (QED) is 0.467.